The fourth-order valence-electron chi connectivity index (χ4n) is 3.34. The molecule has 6 heteroatoms. The number of aromatic nitrogens is 2. The zero-order chi connectivity index (χ0) is 21.9. The van der Waals surface area contributed by atoms with E-state index in [2.05, 4.69) is 27.8 Å². The number of hydrogen-bond donors (Lipinski definition) is 1. The van der Waals surface area contributed by atoms with E-state index in [-0.39, 0.29) is 5.91 Å². The van der Waals surface area contributed by atoms with Crippen LogP contribution in [-0.2, 0) is 0 Å². The quantitative estimate of drug-likeness (QED) is 0.307. The standard InChI is InChI=1S/C26H19N3OS2/c1-17-23(32-26(27-17)20-10-6-3-7-11-20)24(30)28-21-14-12-18(13-15-21)22-16-31-25(29-22)19-8-4-2-5-9-19/h2-16H,1H3,(H,28,30). The molecule has 3 aromatic carbocycles. The molecular formula is C26H19N3OS2. The first kappa shape index (κ1) is 20.3. The molecule has 0 unspecified atom stereocenters. The number of carbonyl (C=O) groups is 1. The molecule has 5 rings (SSSR count). The van der Waals surface area contributed by atoms with Crippen LogP contribution in [0.25, 0.3) is 32.4 Å². The van der Waals surface area contributed by atoms with Gasteiger partial charge in [-0.25, -0.2) is 9.97 Å². The molecule has 0 radical (unpaired) electrons. The summed E-state index contributed by atoms with van der Waals surface area (Å²) in [6.45, 7) is 1.87. The number of amides is 1. The van der Waals surface area contributed by atoms with Gasteiger partial charge >= 0.3 is 0 Å². The van der Waals surface area contributed by atoms with Gasteiger partial charge in [-0.3, -0.25) is 4.79 Å². The van der Waals surface area contributed by atoms with Crippen LogP contribution in [0.5, 0.6) is 0 Å². The van der Waals surface area contributed by atoms with Crippen molar-refractivity contribution in [1.29, 1.82) is 0 Å². The Morgan fingerprint density at radius 1 is 0.750 bits per heavy atom. The van der Waals surface area contributed by atoms with E-state index in [9.17, 15) is 4.79 Å². The minimum Gasteiger partial charge on any atom is -0.321 e. The van der Waals surface area contributed by atoms with Gasteiger partial charge in [-0.2, -0.15) is 0 Å². The highest BCUT2D eigenvalue weighted by Gasteiger charge is 2.16. The Balaban J connectivity index is 1.31. The third kappa shape index (κ3) is 4.23. The monoisotopic (exact) mass is 453 g/mol. The summed E-state index contributed by atoms with van der Waals surface area (Å²) >= 11 is 3.03. The van der Waals surface area contributed by atoms with E-state index in [1.165, 1.54) is 11.3 Å². The Bertz CT molecular complexity index is 1360. The number of anilines is 1. The van der Waals surface area contributed by atoms with Crippen molar-refractivity contribution in [2.75, 3.05) is 5.32 Å². The van der Waals surface area contributed by atoms with Crippen molar-refractivity contribution < 1.29 is 4.79 Å². The van der Waals surface area contributed by atoms with Gasteiger partial charge < -0.3 is 5.32 Å². The summed E-state index contributed by atoms with van der Waals surface area (Å²) in [5.74, 6) is -0.144. The zero-order valence-corrected chi connectivity index (χ0v) is 18.9. The molecule has 156 valence electrons. The molecule has 1 N–H and O–H groups in total. The normalized spacial score (nSPS) is 10.8. The minimum atomic E-state index is -0.144. The Hall–Kier alpha value is -3.61. The summed E-state index contributed by atoms with van der Waals surface area (Å²) in [5.41, 5.74) is 5.55. The van der Waals surface area contributed by atoms with Gasteiger partial charge in [0.1, 0.15) is 14.9 Å². The van der Waals surface area contributed by atoms with Crippen molar-refractivity contribution in [3.63, 3.8) is 0 Å². The van der Waals surface area contributed by atoms with E-state index < -0.39 is 0 Å². The van der Waals surface area contributed by atoms with E-state index in [1.807, 2.05) is 79.7 Å². The second kappa shape index (κ2) is 8.86. The fourth-order valence-corrected chi connectivity index (χ4v) is 5.15. The molecule has 0 aliphatic carbocycles. The average molecular weight is 454 g/mol. The van der Waals surface area contributed by atoms with Gasteiger partial charge in [-0.1, -0.05) is 72.8 Å². The van der Waals surface area contributed by atoms with Crippen molar-refractivity contribution in [3.05, 3.63) is 101 Å². The maximum atomic E-state index is 12.8. The van der Waals surface area contributed by atoms with Crippen molar-refractivity contribution in [2.24, 2.45) is 0 Å². The Morgan fingerprint density at radius 2 is 1.38 bits per heavy atom. The van der Waals surface area contributed by atoms with E-state index >= 15 is 0 Å². The topological polar surface area (TPSA) is 54.9 Å². The number of nitrogens with zero attached hydrogens (tertiary/aromatic N) is 2. The van der Waals surface area contributed by atoms with Crippen molar-refractivity contribution >= 4 is 34.3 Å². The van der Waals surface area contributed by atoms with Gasteiger partial charge in [-0.15, -0.1) is 22.7 Å². The smallest absolute Gasteiger partial charge is 0.267 e. The van der Waals surface area contributed by atoms with Crippen LogP contribution in [0.3, 0.4) is 0 Å². The lowest BCUT2D eigenvalue weighted by Gasteiger charge is -2.05. The number of hydrogen-bond acceptors (Lipinski definition) is 5. The predicted molar refractivity (Wildman–Crippen MR) is 133 cm³/mol. The van der Waals surface area contributed by atoms with Gasteiger partial charge in [0.2, 0.25) is 0 Å². The number of carbonyl (C=O) groups excluding carboxylic acids is 1. The second-order valence-electron chi connectivity index (χ2n) is 7.23. The number of benzene rings is 3. The van der Waals surface area contributed by atoms with Gasteiger partial charge in [0, 0.05) is 27.8 Å². The largest absolute Gasteiger partial charge is 0.321 e. The van der Waals surface area contributed by atoms with Crippen LogP contribution in [0.1, 0.15) is 15.4 Å². The molecule has 1 amide bonds. The molecular weight excluding hydrogens is 434 g/mol. The third-order valence-corrected chi connectivity index (χ3v) is 7.08. The minimum absolute atomic E-state index is 0.144. The first-order valence-corrected chi connectivity index (χ1v) is 11.8. The lowest BCUT2D eigenvalue weighted by molar-refractivity contribution is 0.103. The summed E-state index contributed by atoms with van der Waals surface area (Å²) in [5, 5.41) is 6.89. The average Bonchev–Trinajstić information content (AvgIpc) is 3.48. The van der Waals surface area contributed by atoms with Crippen LogP contribution >= 0.6 is 22.7 Å². The number of rotatable bonds is 5. The highest BCUT2D eigenvalue weighted by Crippen LogP contribution is 2.30. The second-order valence-corrected chi connectivity index (χ2v) is 9.09. The molecule has 0 bridgehead atoms. The van der Waals surface area contributed by atoms with Crippen LogP contribution in [-0.4, -0.2) is 15.9 Å². The predicted octanol–water partition coefficient (Wildman–Crippen LogP) is 7.16. The van der Waals surface area contributed by atoms with E-state index in [1.54, 1.807) is 11.3 Å². The molecule has 0 atom stereocenters. The zero-order valence-electron chi connectivity index (χ0n) is 17.3. The van der Waals surface area contributed by atoms with Crippen molar-refractivity contribution in [2.45, 2.75) is 6.92 Å². The van der Waals surface area contributed by atoms with Crippen molar-refractivity contribution in [1.82, 2.24) is 9.97 Å². The van der Waals surface area contributed by atoms with Crippen molar-refractivity contribution in [3.8, 4) is 32.4 Å². The number of aryl methyl sites for hydroxylation is 1. The summed E-state index contributed by atoms with van der Waals surface area (Å²) < 4.78 is 0. The van der Waals surface area contributed by atoms with Crippen LogP contribution in [0, 0.1) is 6.92 Å². The molecule has 0 fully saturated rings. The molecule has 0 saturated carbocycles. The van der Waals surface area contributed by atoms with Gasteiger partial charge in [0.05, 0.1) is 11.4 Å². The first-order chi connectivity index (χ1) is 15.7. The van der Waals surface area contributed by atoms with E-state index in [4.69, 9.17) is 4.98 Å². The van der Waals surface area contributed by atoms with Crippen LogP contribution in [0.4, 0.5) is 5.69 Å². The lowest BCUT2D eigenvalue weighted by Crippen LogP contribution is -2.11. The first-order valence-electron chi connectivity index (χ1n) is 10.1. The maximum absolute atomic E-state index is 12.8. The van der Waals surface area contributed by atoms with E-state index in [0.717, 1.165) is 43.8 Å². The maximum Gasteiger partial charge on any atom is 0.267 e. The number of thiazole rings is 2. The van der Waals surface area contributed by atoms with E-state index in [0.29, 0.717) is 4.88 Å². The SMILES string of the molecule is Cc1nc(-c2ccccc2)sc1C(=O)Nc1ccc(-c2csc(-c3ccccc3)n2)cc1. The molecule has 4 nitrogen and oxygen atoms in total. The Labute approximate surface area is 194 Å². The van der Waals surface area contributed by atoms with Gasteiger partial charge in [-0.05, 0) is 19.1 Å². The highest BCUT2D eigenvalue weighted by molar-refractivity contribution is 7.17. The highest BCUT2D eigenvalue weighted by atomic mass is 32.1. The summed E-state index contributed by atoms with van der Waals surface area (Å²) in [6.07, 6.45) is 0. The molecule has 5 aromatic rings. The number of nitrogens with one attached hydrogen (secondary N) is 1. The van der Waals surface area contributed by atoms with Crippen LogP contribution in [0.2, 0.25) is 0 Å². The Kier molecular flexibility index (Phi) is 5.62. The third-order valence-electron chi connectivity index (χ3n) is 4.99. The van der Waals surface area contributed by atoms with Gasteiger partial charge in [0.25, 0.3) is 5.91 Å². The molecule has 0 aliphatic rings. The molecule has 2 aromatic heterocycles. The Morgan fingerprint density at radius 3 is 2.03 bits per heavy atom. The summed E-state index contributed by atoms with van der Waals surface area (Å²) in [6, 6.07) is 27.8. The molecule has 0 saturated heterocycles. The summed E-state index contributed by atoms with van der Waals surface area (Å²) in [7, 11) is 0. The molecule has 0 aliphatic heterocycles. The molecule has 32 heavy (non-hydrogen) atoms. The summed E-state index contributed by atoms with van der Waals surface area (Å²) in [4.78, 5) is 22.8. The van der Waals surface area contributed by atoms with Crippen LogP contribution in [0.15, 0.2) is 90.3 Å². The molecule has 2 heterocycles. The van der Waals surface area contributed by atoms with Crippen LogP contribution < -0.4 is 5.32 Å². The molecule has 0 spiro atoms. The van der Waals surface area contributed by atoms with Gasteiger partial charge in [0.15, 0.2) is 0 Å². The lowest BCUT2D eigenvalue weighted by atomic mass is 10.1. The fraction of sp³-hybridized carbons (Fsp3) is 0.0385.